The van der Waals surface area contributed by atoms with Gasteiger partial charge in [-0.05, 0) is 36.2 Å². The summed E-state index contributed by atoms with van der Waals surface area (Å²) in [5.74, 6) is -0.0595. The van der Waals surface area contributed by atoms with Crippen LogP contribution in [0.1, 0.15) is 27.0 Å². The minimum atomic E-state index is -0.0595. The Bertz CT molecular complexity index is 595. The molecule has 0 radical (unpaired) electrons. The van der Waals surface area contributed by atoms with Gasteiger partial charge in [-0.3, -0.25) is 4.79 Å². The molecule has 5 heteroatoms. The molecule has 0 fully saturated rings. The normalized spacial score (nSPS) is 10.5. The molecular weight excluding hydrogens is 301 g/mol. The zero-order valence-electron chi connectivity index (χ0n) is 10.4. The van der Waals surface area contributed by atoms with Crippen molar-refractivity contribution in [3.05, 3.63) is 55.7 Å². The molecule has 0 saturated carbocycles. The van der Waals surface area contributed by atoms with Crippen molar-refractivity contribution in [2.75, 3.05) is 0 Å². The number of carbonyl (C=O) groups is 1. The van der Waals surface area contributed by atoms with Gasteiger partial charge in [-0.1, -0.05) is 36.2 Å². The van der Waals surface area contributed by atoms with E-state index in [0.717, 1.165) is 16.9 Å². The Morgan fingerprint density at radius 3 is 2.63 bits per heavy atom. The van der Waals surface area contributed by atoms with Gasteiger partial charge in [0.05, 0.1) is 14.9 Å². The van der Waals surface area contributed by atoms with Crippen LogP contribution in [0.15, 0.2) is 30.3 Å². The van der Waals surface area contributed by atoms with E-state index in [0.29, 0.717) is 16.6 Å². The van der Waals surface area contributed by atoms with Crippen LogP contribution in [0.5, 0.6) is 0 Å². The van der Waals surface area contributed by atoms with Crippen molar-refractivity contribution in [3.63, 3.8) is 0 Å². The molecule has 2 nitrogen and oxygen atoms in total. The summed E-state index contributed by atoms with van der Waals surface area (Å²) in [6.45, 7) is 2.51. The Hall–Kier alpha value is -1.03. The summed E-state index contributed by atoms with van der Waals surface area (Å²) >= 11 is 13.3. The van der Waals surface area contributed by atoms with Gasteiger partial charge in [-0.15, -0.1) is 11.3 Å². The molecule has 1 amide bonds. The summed E-state index contributed by atoms with van der Waals surface area (Å²) in [6, 6.07) is 9.18. The van der Waals surface area contributed by atoms with E-state index in [-0.39, 0.29) is 5.91 Å². The largest absolute Gasteiger partial charge is 0.347 e. The number of benzene rings is 1. The highest BCUT2D eigenvalue weighted by Gasteiger charge is 2.08. The second kappa shape index (κ2) is 6.42. The Balaban J connectivity index is 1.98. The number of nitrogens with one attached hydrogen (secondary N) is 1. The van der Waals surface area contributed by atoms with E-state index in [1.54, 1.807) is 12.1 Å². The van der Waals surface area contributed by atoms with Crippen molar-refractivity contribution in [1.29, 1.82) is 0 Å². The fourth-order valence-electron chi connectivity index (χ4n) is 1.61. The summed E-state index contributed by atoms with van der Waals surface area (Å²) < 4.78 is 0. The van der Waals surface area contributed by atoms with Gasteiger partial charge in [0.25, 0.3) is 5.91 Å². The van der Waals surface area contributed by atoms with Crippen LogP contribution in [0.25, 0.3) is 0 Å². The summed E-state index contributed by atoms with van der Waals surface area (Å²) in [5.41, 5.74) is 0.926. The molecule has 2 rings (SSSR count). The minimum Gasteiger partial charge on any atom is -0.347 e. The summed E-state index contributed by atoms with van der Waals surface area (Å²) in [6.07, 6.45) is 0.949. The fraction of sp³-hybridized carbons (Fsp3) is 0.214. The lowest BCUT2D eigenvalue weighted by atomic mass is 10.2. The number of hydrogen-bond donors (Lipinski definition) is 1. The van der Waals surface area contributed by atoms with Gasteiger partial charge in [-0.25, -0.2) is 0 Å². The number of rotatable bonds is 4. The molecule has 1 heterocycles. The number of carbonyl (C=O) groups excluding carboxylic acids is 1. The van der Waals surface area contributed by atoms with Crippen LogP contribution in [0.4, 0.5) is 0 Å². The van der Waals surface area contributed by atoms with Gasteiger partial charge in [0.1, 0.15) is 0 Å². The highest BCUT2D eigenvalue weighted by molar-refractivity contribution is 7.14. The third-order valence-corrected chi connectivity index (χ3v) is 4.64. The maximum atomic E-state index is 11.9. The van der Waals surface area contributed by atoms with Gasteiger partial charge in [0.15, 0.2) is 0 Å². The molecule has 2 aromatic rings. The number of aryl methyl sites for hydroxylation is 1. The highest BCUT2D eigenvalue weighted by Crippen LogP contribution is 2.22. The van der Waals surface area contributed by atoms with Crippen LogP contribution in [-0.2, 0) is 13.0 Å². The first-order valence-corrected chi connectivity index (χ1v) is 7.48. The molecule has 0 aliphatic rings. The maximum Gasteiger partial charge on any atom is 0.261 e. The van der Waals surface area contributed by atoms with Crippen molar-refractivity contribution >= 4 is 40.4 Å². The third kappa shape index (κ3) is 3.72. The molecule has 0 unspecified atom stereocenters. The summed E-state index contributed by atoms with van der Waals surface area (Å²) in [5, 5.41) is 3.88. The van der Waals surface area contributed by atoms with E-state index in [1.807, 2.05) is 18.2 Å². The van der Waals surface area contributed by atoms with E-state index in [2.05, 4.69) is 12.2 Å². The monoisotopic (exact) mass is 313 g/mol. The summed E-state index contributed by atoms with van der Waals surface area (Å²) in [7, 11) is 0. The van der Waals surface area contributed by atoms with Crippen molar-refractivity contribution in [1.82, 2.24) is 5.32 Å². The van der Waals surface area contributed by atoms with Gasteiger partial charge in [0, 0.05) is 11.4 Å². The van der Waals surface area contributed by atoms with E-state index >= 15 is 0 Å². The number of hydrogen-bond acceptors (Lipinski definition) is 2. The van der Waals surface area contributed by atoms with Crippen molar-refractivity contribution < 1.29 is 4.79 Å². The second-order valence-corrected chi connectivity index (χ2v) is 6.03. The topological polar surface area (TPSA) is 29.1 Å². The SMILES string of the molecule is CCc1ccc(C(=O)NCc2ccc(Cl)c(Cl)c2)s1. The summed E-state index contributed by atoms with van der Waals surface area (Å²) in [4.78, 5) is 13.9. The highest BCUT2D eigenvalue weighted by atomic mass is 35.5. The zero-order valence-corrected chi connectivity index (χ0v) is 12.7. The lowest BCUT2D eigenvalue weighted by Gasteiger charge is -2.05. The average molecular weight is 314 g/mol. The lowest BCUT2D eigenvalue weighted by Crippen LogP contribution is -2.21. The van der Waals surface area contributed by atoms with Crippen LogP contribution in [0.3, 0.4) is 0 Å². The van der Waals surface area contributed by atoms with Gasteiger partial charge < -0.3 is 5.32 Å². The molecule has 100 valence electrons. The number of thiophene rings is 1. The Kier molecular flexibility index (Phi) is 4.86. The second-order valence-electron chi connectivity index (χ2n) is 4.05. The smallest absolute Gasteiger partial charge is 0.261 e. The van der Waals surface area contributed by atoms with E-state index in [1.165, 1.54) is 16.2 Å². The molecule has 0 spiro atoms. The molecule has 0 saturated heterocycles. The Morgan fingerprint density at radius 1 is 1.21 bits per heavy atom. The number of halogens is 2. The van der Waals surface area contributed by atoms with Crippen LogP contribution in [-0.4, -0.2) is 5.91 Å². The van der Waals surface area contributed by atoms with Crippen molar-refractivity contribution in [2.24, 2.45) is 0 Å². The average Bonchev–Trinajstić information content (AvgIpc) is 2.88. The van der Waals surface area contributed by atoms with E-state index in [4.69, 9.17) is 23.2 Å². The first-order chi connectivity index (χ1) is 9.10. The van der Waals surface area contributed by atoms with Gasteiger partial charge >= 0.3 is 0 Å². The quantitative estimate of drug-likeness (QED) is 0.881. The zero-order chi connectivity index (χ0) is 13.8. The number of amides is 1. The molecule has 1 aromatic heterocycles. The predicted molar refractivity (Wildman–Crippen MR) is 81.3 cm³/mol. The predicted octanol–water partition coefficient (Wildman–Crippen LogP) is 4.55. The molecule has 0 atom stereocenters. The molecule has 0 bridgehead atoms. The van der Waals surface area contributed by atoms with E-state index < -0.39 is 0 Å². The standard InChI is InChI=1S/C14H13Cl2NOS/c1-2-10-4-6-13(19-10)14(18)17-8-9-3-5-11(15)12(16)7-9/h3-7H,2,8H2,1H3,(H,17,18). The maximum absolute atomic E-state index is 11.9. The van der Waals surface area contributed by atoms with Crippen LogP contribution >= 0.6 is 34.5 Å². The molecule has 1 N–H and O–H groups in total. The van der Waals surface area contributed by atoms with Gasteiger partial charge in [0.2, 0.25) is 0 Å². The molecule has 19 heavy (non-hydrogen) atoms. The lowest BCUT2D eigenvalue weighted by molar-refractivity contribution is 0.0955. The Labute approximate surface area is 126 Å². The molecular formula is C14H13Cl2NOS. The van der Waals surface area contributed by atoms with E-state index in [9.17, 15) is 4.79 Å². The van der Waals surface area contributed by atoms with Crippen LogP contribution < -0.4 is 5.32 Å². The van der Waals surface area contributed by atoms with Crippen molar-refractivity contribution in [3.8, 4) is 0 Å². The minimum absolute atomic E-state index is 0.0595. The Morgan fingerprint density at radius 2 is 2.00 bits per heavy atom. The fourth-order valence-corrected chi connectivity index (χ4v) is 2.79. The van der Waals surface area contributed by atoms with Gasteiger partial charge in [-0.2, -0.15) is 0 Å². The first-order valence-electron chi connectivity index (χ1n) is 5.91. The third-order valence-electron chi connectivity index (χ3n) is 2.67. The van der Waals surface area contributed by atoms with Crippen LogP contribution in [0.2, 0.25) is 10.0 Å². The molecule has 0 aliphatic heterocycles. The first kappa shape index (κ1) is 14.4. The van der Waals surface area contributed by atoms with Crippen molar-refractivity contribution in [2.45, 2.75) is 19.9 Å². The molecule has 0 aliphatic carbocycles. The van der Waals surface area contributed by atoms with Crippen LogP contribution in [0, 0.1) is 0 Å². The molecule has 1 aromatic carbocycles.